The van der Waals surface area contributed by atoms with Crippen LogP contribution in [-0.4, -0.2) is 19.9 Å². The minimum Gasteiger partial charge on any atom is -0.303 e. The lowest BCUT2D eigenvalue weighted by Crippen LogP contribution is -2.10. The van der Waals surface area contributed by atoms with Crippen molar-refractivity contribution in [2.75, 3.05) is 0 Å². The molecular formula is C17H12N4OS. The van der Waals surface area contributed by atoms with E-state index in [2.05, 4.69) is 19.9 Å². The van der Waals surface area contributed by atoms with Crippen LogP contribution in [0, 0.1) is 6.92 Å². The molecule has 3 aromatic heterocycles. The molecule has 3 heterocycles. The Morgan fingerprint density at radius 2 is 1.83 bits per heavy atom. The molecule has 0 aliphatic carbocycles. The number of aromatic nitrogens is 4. The fourth-order valence-corrected chi connectivity index (χ4v) is 3.37. The van der Waals surface area contributed by atoms with Crippen molar-refractivity contribution in [1.29, 1.82) is 0 Å². The molecule has 0 spiro atoms. The summed E-state index contributed by atoms with van der Waals surface area (Å²) in [5.41, 5.74) is 2.93. The van der Waals surface area contributed by atoms with Gasteiger partial charge in [-0.2, -0.15) is 0 Å². The SMILES string of the molecule is Cc1ccc(-c2csc3nc(-c4ncccn4)[nH]c(=O)c23)cc1. The number of H-pyrrole nitrogens is 1. The Morgan fingerprint density at radius 1 is 1.09 bits per heavy atom. The summed E-state index contributed by atoms with van der Waals surface area (Å²) >= 11 is 1.45. The average molecular weight is 320 g/mol. The molecule has 0 radical (unpaired) electrons. The van der Waals surface area contributed by atoms with Gasteiger partial charge in [0.2, 0.25) is 0 Å². The molecule has 1 aromatic carbocycles. The Labute approximate surface area is 135 Å². The zero-order valence-corrected chi connectivity index (χ0v) is 13.1. The van der Waals surface area contributed by atoms with Crippen LogP contribution >= 0.6 is 11.3 Å². The van der Waals surface area contributed by atoms with Crippen LogP contribution in [-0.2, 0) is 0 Å². The predicted octanol–water partition coefficient (Wildman–Crippen LogP) is 3.42. The molecule has 0 atom stereocenters. The molecule has 6 heteroatoms. The molecule has 1 N–H and O–H groups in total. The zero-order chi connectivity index (χ0) is 15.8. The quantitative estimate of drug-likeness (QED) is 0.614. The summed E-state index contributed by atoms with van der Waals surface area (Å²) in [6, 6.07) is 9.83. The number of hydrogen-bond donors (Lipinski definition) is 1. The standard InChI is InChI=1S/C17H12N4OS/c1-10-3-5-11(6-4-10)12-9-23-17-13(12)16(22)20-15(21-17)14-18-7-2-8-19-14/h2-9H,1H3,(H,20,21,22). The third-order valence-electron chi connectivity index (χ3n) is 3.58. The number of rotatable bonds is 2. The van der Waals surface area contributed by atoms with Crippen LogP contribution in [0.5, 0.6) is 0 Å². The number of nitrogens with zero attached hydrogens (tertiary/aromatic N) is 3. The molecule has 0 unspecified atom stereocenters. The molecule has 0 bridgehead atoms. The van der Waals surface area contributed by atoms with E-state index in [0.29, 0.717) is 21.9 Å². The number of thiophene rings is 1. The third kappa shape index (κ3) is 2.43. The Balaban J connectivity index is 1.91. The van der Waals surface area contributed by atoms with Gasteiger partial charge in [0.1, 0.15) is 4.83 Å². The van der Waals surface area contributed by atoms with E-state index in [1.54, 1.807) is 18.5 Å². The van der Waals surface area contributed by atoms with Crippen LogP contribution in [0.15, 0.2) is 52.9 Å². The van der Waals surface area contributed by atoms with Gasteiger partial charge < -0.3 is 4.98 Å². The van der Waals surface area contributed by atoms with Crippen molar-refractivity contribution in [2.24, 2.45) is 0 Å². The summed E-state index contributed by atoms with van der Waals surface area (Å²) in [5.74, 6) is 0.803. The van der Waals surface area contributed by atoms with E-state index < -0.39 is 0 Å². The average Bonchev–Trinajstić information content (AvgIpc) is 3.01. The molecule has 4 rings (SSSR count). The lowest BCUT2D eigenvalue weighted by atomic mass is 10.1. The highest BCUT2D eigenvalue weighted by atomic mass is 32.1. The van der Waals surface area contributed by atoms with Gasteiger partial charge in [-0.1, -0.05) is 29.8 Å². The van der Waals surface area contributed by atoms with Crippen molar-refractivity contribution < 1.29 is 0 Å². The number of hydrogen-bond acceptors (Lipinski definition) is 5. The van der Waals surface area contributed by atoms with E-state index in [1.165, 1.54) is 16.9 Å². The van der Waals surface area contributed by atoms with Gasteiger partial charge in [0.15, 0.2) is 11.6 Å². The zero-order valence-electron chi connectivity index (χ0n) is 12.3. The Hall–Kier alpha value is -2.86. The fourth-order valence-electron chi connectivity index (χ4n) is 2.42. The van der Waals surface area contributed by atoms with E-state index in [-0.39, 0.29) is 5.56 Å². The first-order valence-corrected chi connectivity index (χ1v) is 7.96. The molecule has 0 fully saturated rings. The van der Waals surface area contributed by atoms with Crippen LogP contribution in [0.4, 0.5) is 0 Å². The summed E-state index contributed by atoms with van der Waals surface area (Å²) in [5, 5.41) is 2.58. The van der Waals surface area contributed by atoms with Crippen molar-refractivity contribution >= 4 is 21.6 Å². The summed E-state index contributed by atoms with van der Waals surface area (Å²) < 4.78 is 0. The number of aromatic amines is 1. The predicted molar refractivity (Wildman–Crippen MR) is 91.4 cm³/mol. The van der Waals surface area contributed by atoms with Gasteiger partial charge in [-0.15, -0.1) is 11.3 Å². The minimum atomic E-state index is -0.172. The van der Waals surface area contributed by atoms with E-state index in [1.807, 2.05) is 36.6 Å². The summed E-state index contributed by atoms with van der Waals surface area (Å²) in [4.78, 5) is 28.8. The van der Waals surface area contributed by atoms with Crippen LogP contribution in [0.1, 0.15) is 5.56 Å². The van der Waals surface area contributed by atoms with E-state index in [9.17, 15) is 4.79 Å². The minimum absolute atomic E-state index is 0.172. The smallest absolute Gasteiger partial charge is 0.260 e. The monoisotopic (exact) mass is 320 g/mol. The van der Waals surface area contributed by atoms with Crippen molar-refractivity contribution in [2.45, 2.75) is 6.92 Å². The van der Waals surface area contributed by atoms with Gasteiger partial charge in [0.05, 0.1) is 5.39 Å². The second kappa shape index (κ2) is 5.40. The fraction of sp³-hybridized carbons (Fsp3) is 0.0588. The first kappa shape index (κ1) is 13.8. The highest BCUT2D eigenvalue weighted by molar-refractivity contribution is 7.17. The van der Waals surface area contributed by atoms with E-state index in [0.717, 1.165) is 11.1 Å². The van der Waals surface area contributed by atoms with Crippen molar-refractivity contribution in [3.05, 3.63) is 64.0 Å². The first-order valence-electron chi connectivity index (χ1n) is 7.08. The highest BCUT2D eigenvalue weighted by Gasteiger charge is 2.14. The van der Waals surface area contributed by atoms with Crippen LogP contribution in [0.3, 0.4) is 0 Å². The lowest BCUT2D eigenvalue weighted by Gasteiger charge is -2.02. The molecule has 0 aliphatic rings. The normalized spacial score (nSPS) is 11.0. The largest absolute Gasteiger partial charge is 0.303 e. The molecule has 5 nitrogen and oxygen atoms in total. The van der Waals surface area contributed by atoms with Crippen LogP contribution < -0.4 is 5.56 Å². The van der Waals surface area contributed by atoms with E-state index in [4.69, 9.17) is 0 Å². The number of fused-ring (bicyclic) bond motifs is 1. The maximum Gasteiger partial charge on any atom is 0.260 e. The van der Waals surface area contributed by atoms with Crippen molar-refractivity contribution in [3.63, 3.8) is 0 Å². The maximum absolute atomic E-state index is 12.6. The lowest BCUT2D eigenvalue weighted by molar-refractivity contribution is 1.09. The van der Waals surface area contributed by atoms with Gasteiger partial charge in [0, 0.05) is 23.3 Å². The summed E-state index contributed by atoms with van der Waals surface area (Å²) in [7, 11) is 0. The topological polar surface area (TPSA) is 71.5 Å². The van der Waals surface area contributed by atoms with Crippen molar-refractivity contribution in [1.82, 2.24) is 19.9 Å². The number of aryl methyl sites for hydroxylation is 1. The molecule has 0 saturated heterocycles. The highest BCUT2D eigenvalue weighted by Crippen LogP contribution is 2.31. The maximum atomic E-state index is 12.6. The first-order chi connectivity index (χ1) is 11.2. The molecule has 112 valence electrons. The number of benzene rings is 1. The summed E-state index contributed by atoms with van der Waals surface area (Å²) in [6.45, 7) is 2.04. The van der Waals surface area contributed by atoms with Gasteiger partial charge >= 0.3 is 0 Å². The Morgan fingerprint density at radius 3 is 2.57 bits per heavy atom. The molecule has 23 heavy (non-hydrogen) atoms. The van der Waals surface area contributed by atoms with Crippen LogP contribution in [0.25, 0.3) is 33.0 Å². The van der Waals surface area contributed by atoms with Gasteiger partial charge in [0.25, 0.3) is 5.56 Å². The van der Waals surface area contributed by atoms with Gasteiger partial charge in [-0.25, -0.2) is 15.0 Å². The molecular weight excluding hydrogens is 308 g/mol. The second-order valence-corrected chi connectivity index (χ2v) is 6.04. The van der Waals surface area contributed by atoms with Crippen molar-refractivity contribution in [3.8, 4) is 22.8 Å². The molecule has 0 amide bonds. The third-order valence-corrected chi connectivity index (χ3v) is 4.46. The van der Waals surface area contributed by atoms with Gasteiger partial charge in [-0.3, -0.25) is 4.79 Å². The number of nitrogens with one attached hydrogen (secondary N) is 1. The van der Waals surface area contributed by atoms with Crippen LogP contribution in [0.2, 0.25) is 0 Å². The molecule has 0 saturated carbocycles. The molecule has 0 aliphatic heterocycles. The Bertz CT molecular complexity index is 1040. The van der Waals surface area contributed by atoms with Gasteiger partial charge in [-0.05, 0) is 18.6 Å². The summed E-state index contributed by atoms with van der Waals surface area (Å²) in [6.07, 6.45) is 3.25. The molecule has 4 aromatic rings. The van der Waals surface area contributed by atoms with E-state index >= 15 is 0 Å². The Kier molecular flexibility index (Phi) is 3.24. The second-order valence-electron chi connectivity index (χ2n) is 5.18.